The van der Waals surface area contributed by atoms with Crippen molar-refractivity contribution in [1.29, 1.82) is 0 Å². The third kappa shape index (κ3) is 11.7. The Morgan fingerprint density at radius 2 is 1.33 bits per heavy atom. The Labute approximate surface area is 131 Å². The minimum Gasteiger partial charge on any atom is -0.476 e. The van der Waals surface area contributed by atoms with Gasteiger partial charge in [-0.05, 0) is 6.42 Å². The van der Waals surface area contributed by atoms with Crippen LogP contribution in [0.25, 0.3) is 0 Å². The second-order valence-electron chi connectivity index (χ2n) is 6.99. The zero-order valence-electron chi connectivity index (χ0n) is 14.7. The molecular formula is C17H37N2O2+. The van der Waals surface area contributed by atoms with E-state index in [1.807, 2.05) is 21.1 Å². The van der Waals surface area contributed by atoms with E-state index in [0.717, 1.165) is 13.0 Å². The van der Waals surface area contributed by atoms with Gasteiger partial charge in [-0.25, -0.2) is 4.79 Å². The van der Waals surface area contributed by atoms with E-state index in [9.17, 15) is 9.90 Å². The first-order valence-corrected chi connectivity index (χ1v) is 8.67. The van der Waals surface area contributed by atoms with Gasteiger partial charge in [0.05, 0.1) is 21.1 Å². The second-order valence-corrected chi connectivity index (χ2v) is 6.99. The summed E-state index contributed by atoms with van der Waals surface area (Å²) in [5, 5.41) is 12.3. The Kier molecular flexibility index (Phi) is 11.6. The van der Waals surface area contributed by atoms with Crippen LogP contribution in [0.15, 0.2) is 0 Å². The van der Waals surface area contributed by atoms with Gasteiger partial charge in [0.1, 0.15) is 0 Å². The molecule has 0 aromatic rings. The van der Waals surface area contributed by atoms with Crippen LogP contribution in [0, 0.1) is 0 Å². The molecule has 0 fully saturated rings. The highest BCUT2D eigenvalue weighted by molar-refractivity contribution is 5.71. The summed E-state index contributed by atoms with van der Waals surface area (Å²) in [6.45, 7) is 3.05. The largest absolute Gasteiger partial charge is 0.476 e. The summed E-state index contributed by atoms with van der Waals surface area (Å²) in [5.41, 5.74) is 0. The number of quaternary nitrogens is 1. The Morgan fingerprint density at radius 3 is 1.71 bits per heavy atom. The fourth-order valence-electron chi connectivity index (χ4n) is 2.54. The lowest BCUT2D eigenvalue weighted by atomic mass is 10.1. The lowest BCUT2D eigenvalue weighted by molar-refractivity contribution is -0.890. The Balaban J connectivity index is 3.45. The summed E-state index contributed by atoms with van der Waals surface area (Å²) < 4.78 is 0.410. The van der Waals surface area contributed by atoms with Gasteiger partial charge in [-0.2, -0.15) is 0 Å². The molecule has 0 radical (unpaired) electrons. The third-order valence-corrected chi connectivity index (χ3v) is 3.88. The van der Waals surface area contributed by atoms with Crippen molar-refractivity contribution in [2.75, 3.05) is 27.7 Å². The van der Waals surface area contributed by atoms with Gasteiger partial charge < -0.3 is 9.59 Å². The molecule has 0 heterocycles. The summed E-state index contributed by atoms with van der Waals surface area (Å²) in [6.07, 6.45) is 12.6. The molecule has 1 atom stereocenters. The molecule has 0 rings (SSSR count). The monoisotopic (exact) mass is 301 g/mol. The molecule has 0 spiro atoms. The van der Waals surface area contributed by atoms with Crippen LogP contribution >= 0.6 is 0 Å². The molecule has 0 saturated heterocycles. The summed E-state index contributed by atoms with van der Waals surface area (Å²) in [5.74, 6) is -0.769. The molecule has 0 aliphatic heterocycles. The average Bonchev–Trinajstić information content (AvgIpc) is 2.38. The van der Waals surface area contributed by atoms with Crippen LogP contribution in [0.4, 0.5) is 0 Å². The molecule has 0 aliphatic rings. The molecule has 0 aromatic heterocycles. The van der Waals surface area contributed by atoms with Gasteiger partial charge in [-0.3, -0.25) is 5.32 Å². The summed E-state index contributed by atoms with van der Waals surface area (Å²) in [7, 11) is 5.72. The number of hydrogen-bond acceptors (Lipinski definition) is 2. The normalized spacial score (nSPS) is 13.3. The zero-order chi connectivity index (χ0) is 16.1. The standard InChI is InChI=1S/C17H36N2O2/c1-5-6-7-8-9-10-11-12-13-14-15-18-16(17(20)21)19(2,3)4/h16,18H,5-15H2,1-4H3/p+1. The number of nitrogens with zero attached hydrogens (tertiary/aromatic N) is 1. The smallest absolute Gasteiger partial charge is 0.379 e. The van der Waals surface area contributed by atoms with Crippen molar-refractivity contribution in [3.8, 4) is 0 Å². The highest BCUT2D eigenvalue weighted by Crippen LogP contribution is 2.10. The minimum atomic E-state index is -0.769. The molecule has 126 valence electrons. The Hall–Kier alpha value is -0.610. The fraction of sp³-hybridized carbons (Fsp3) is 0.941. The van der Waals surface area contributed by atoms with E-state index in [1.165, 1.54) is 57.8 Å². The van der Waals surface area contributed by atoms with Crippen LogP contribution in [-0.2, 0) is 4.79 Å². The van der Waals surface area contributed by atoms with E-state index in [2.05, 4.69) is 12.2 Å². The lowest BCUT2D eigenvalue weighted by Gasteiger charge is -2.31. The van der Waals surface area contributed by atoms with E-state index in [1.54, 1.807) is 0 Å². The topological polar surface area (TPSA) is 49.3 Å². The molecule has 0 saturated carbocycles. The average molecular weight is 301 g/mol. The highest BCUT2D eigenvalue weighted by Gasteiger charge is 2.30. The van der Waals surface area contributed by atoms with Crippen molar-refractivity contribution in [3.05, 3.63) is 0 Å². The quantitative estimate of drug-likeness (QED) is 0.293. The molecule has 0 bridgehead atoms. The van der Waals surface area contributed by atoms with Crippen molar-refractivity contribution in [1.82, 2.24) is 5.32 Å². The van der Waals surface area contributed by atoms with Gasteiger partial charge in [-0.1, -0.05) is 64.7 Å². The number of aliphatic carboxylic acids is 1. The SMILES string of the molecule is CCCCCCCCCCCCNC(C(=O)O)[N+](C)(C)C. The molecule has 21 heavy (non-hydrogen) atoms. The van der Waals surface area contributed by atoms with Gasteiger partial charge in [-0.15, -0.1) is 0 Å². The predicted octanol–water partition coefficient (Wildman–Crippen LogP) is 3.61. The second kappa shape index (κ2) is 12.0. The van der Waals surface area contributed by atoms with Gasteiger partial charge >= 0.3 is 5.97 Å². The molecule has 4 nitrogen and oxygen atoms in total. The Morgan fingerprint density at radius 1 is 0.905 bits per heavy atom. The third-order valence-electron chi connectivity index (χ3n) is 3.88. The number of rotatable bonds is 14. The summed E-state index contributed by atoms with van der Waals surface area (Å²) in [4.78, 5) is 11.2. The zero-order valence-corrected chi connectivity index (χ0v) is 14.7. The van der Waals surface area contributed by atoms with Gasteiger partial charge in [0, 0.05) is 6.54 Å². The van der Waals surface area contributed by atoms with Crippen LogP contribution < -0.4 is 5.32 Å². The van der Waals surface area contributed by atoms with E-state index in [-0.39, 0.29) is 0 Å². The summed E-state index contributed by atoms with van der Waals surface area (Å²) >= 11 is 0. The first-order valence-electron chi connectivity index (χ1n) is 8.67. The van der Waals surface area contributed by atoms with Crippen LogP contribution in [0.5, 0.6) is 0 Å². The molecule has 0 aliphatic carbocycles. The number of carbonyl (C=O) groups is 1. The fourth-order valence-corrected chi connectivity index (χ4v) is 2.54. The maximum absolute atomic E-state index is 11.2. The van der Waals surface area contributed by atoms with Crippen LogP contribution in [-0.4, -0.2) is 49.4 Å². The van der Waals surface area contributed by atoms with Crippen LogP contribution in [0.1, 0.15) is 71.1 Å². The number of likely N-dealkylation sites (N-methyl/N-ethyl adjacent to an activating group) is 1. The van der Waals surface area contributed by atoms with E-state index in [4.69, 9.17) is 0 Å². The maximum Gasteiger partial charge on any atom is 0.379 e. The van der Waals surface area contributed by atoms with Crippen LogP contribution in [0.2, 0.25) is 0 Å². The summed E-state index contributed by atoms with van der Waals surface area (Å²) in [6, 6.07) is 0. The van der Waals surface area contributed by atoms with Crippen molar-refractivity contribution in [2.24, 2.45) is 0 Å². The minimum absolute atomic E-state index is 0.410. The van der Waals surface area contributed by atoms with E-state index >= 15 is 0 Å². The first kappa shape index (κ1) is 20.4. The van der Waals surface area contributed by atoms with Crippen molar-refractivity contribution in [2.45, 2.75) is 77.3 Å². The predicted molar refractivity (Wildman–Crippen MR) is 89.3 cm³/mol. The van der Waals surface area contributed by atoms with E-state index in [0.29, 0.717) is 4.48 Å². The maximum atomic E-state index is 11.2. The molecule has 2 N–H and O–H groups in total. The molecule has 4 heteroatoms. The number of unbranched alkanes of at least 4 members (excludes halogenated alkanes) is 9. The molecule has 0 amide bonds. The lowest BCUT2D eigenvalue weighted by Crippen LogP contribution is -2.58. The number of carboxylic acid groups (broad SMARTS) is 1. The molecule has 0 aromatic carbocycles. The van der Waals surface area contributed by atoms with Crippen molar-refractivity contribution in [3.63, 3.8) is 0 Å². The van der Waals surface area contributed by atoms with Gasteiger partial charge in [0.2, 0.25) is 6.17 Å². The van der Waals surface area contributed by atoms with Crippen molar-refractivity contribution < 1.29 is 14.4 Å². The first-order chi connectivity index (χ1) is 9.89. The molecule has 1 unspecified atom stereocenters. The molecular weight excluding hydrogens is 264 g/mol. The highest BCUT2D eigenvalue weighted by atomic mass is 16.4. The van der Waals surface area contributed by atoms with Gasteiger partial charge in [0.15, 0.2) is 0 Å². The Bertz CT molecular complexity index is 262. The number of nitrogens with one attached hydrogen (secondary N) is 1. The van der Waals surface area contributed by atoms with Gasteiger partial charge in [0.25, 0.3) is 0 Å². The number of carboxylic acids is 1. The van der Waals surface area contributed by atoms with E-state index < -0.39 is 12.1 Å². The van der Waals surface area contributed by atoms with Crippen molar-refractivity contribution >= 4 is 5.97 Å². The number of hydrogen-bond donors (Lipinski definition) is 2. The van der Waals surface area contributed by atoms with Crippen LogP contribution in [0.3, 0.4) is 0 Å².